The van der Waals surface area contributed by atoms with Crippen LogP contribution in [0.1, 0.15) is 32.9 Å². The van der Waals surface area contributed by atoms with Crippen LogP contribution in [0.15, 0.2) is 67.0 Å². The van der Waals surface area contributed by atoms with Gasteiger partial charge in [-0.05, 0) is 61.4 Å². The molecule has 7 heteroatoms. The van der Waals surface area contributed by atoms with Crippen molar-refractivity contribution in [1.82, 2.24) is 20.6 Å². The fourth-order valence-corrected chi connectivity index (χ4v) is 3.05. The molecule has 7 nitrogen and oxygen atoms in total. The first-order chi connectivity index (χ1) is 15.5. The summed E-state index contributed by atoms with van der Waals surface area (Å²) >= 11 is 0. The first-order valence-corrected chi connectivity index (χ1v) is 10.6. The van der Waals surface area contributed by atoms with Crippen LogP contribution in [-0.2, 0) is 22.6 Å². The molecule has 0 radical (unpaired) electrons. The van der Waals surface area contributed by atoms with Crippen LogP contribution >= 0.6 is 0 Å². The van der Waals surface area contributed by atoms with Crippen molar-refractivity contribution < 1.29 is 14.3 Å². The van der Waals surface area contributed by atoms with E-state index in [1.807, 2.05) is 62.4 Å². The van der Waals surface area contributed by atoms with Crippen molar-refractivity contribution in [3.63, 3.8) is 0 Å². The molecule has 0 aliphatic rings. The molecule has 0 saturated heterocycles. The van der Waals surface area contributed by atoms with E-state index in [4.69, 9.17) is 4.74 Å². The lowest BCUT2D eigenvalue weighted by molar-refractivity contribution is -0.124. The SMILES string of the molecule is Cc1ccc(C(=O)N[C@H](COCc2ccccn2)C(=O)NCCc2ccccn2)cc1C. The molecule has 0 saturated carbocycles. The van der Waals surface area contributed by atoms with Gasteiger partial charge in [0.05, 0.1) is 18.9 Å². The zero-order valence-electron chi connectivity index (χ0n) is 18.4. The van der Waals surface area contributed by atoms with Crippen molar-refractivity contribution in [3.8, 4) is 0 Å². The van der Waals surface area contributed by atoms with E-state index in [0.717, 1.165) is 22.5 Å². The molecule has 3 rings (SSSR count). The number of pyridine rings is 2. The number of ether oxygens (including phenoxy) is 1. The van der Waals surface area contributed by atoms with E-state index in [9.17, 15) is 9.59 Å². The normalized spacial score (nSPS) is 11.6. The molecule has 2 N–H and O–H groups in total. The summed E-state index contributed by atoms with van der Waals surface area (Å²) in [6.45, 7) is 4.62. The zero-order chi connectivity index (χ0) is 22.8. The molecule has 0 aliphatic carbocycles. The lowest BCUT2D eigenvalue weighted by atomic mass is 10.1. The van der Waals surface area contributed by atoms with E-state index in [1.54, 1.807) is 18.5 Å². The molecule has 1 aromatic carbocycles. The van der Waals surface area contributed by atoms with Gasteiger partial charge in [0.25, 0.3) is 5.91 Å². The highest BCUT2D eigenvalue weighted by molar-refractivity contribution is 5.97. The van der Waals surface area contributed by atoms with E-state index in [0.29, 0.717) is 18.5 Å². The molecule has 0 aliphatic heterocycles. The van der Waals surface area contributed by atoms with Gasteiger partial charge in [0.2, 0.25) is 5.91 Å². The van der Waals surface area contributed by atoms with Gasteiger partial charge in [-0.25, -0.2) is 0 Å². The van der Waals surface area contributed by atoms with Gasteiger partial charge in [-0.2, -0.15) is 0 Å². The number of nitrogens with one attached hydrogen (secondary N) is 2. The third-order valence-corrected chi connectivity index (χ3v) is 5.06. The summed E-state index contributed by atoms with van der Waals surface area (Å²) in [4.78, 5) is 34.1. The van der Waals surface area contributed by atoms with Crippen LogP contribution in [0.2, 0.25) is 0 Å². The fraction of sp³-hybridized carbons (Fsp3) is 0.280. The van der Waals surface area contributed by atoms with Gasteiger partial charge < -0.3 is 15.4 Å². The van der Waals surface area contributed by atoms with Gasteiger partial charge in [-0.1, -0.05) is 18.2 Å². The zero-order valence-corrected chi connectivity index (χ0v) is 18.4. The van der Waals surface area contributed by atoms with E-state index in [1.165, 1.54) is 0 Å². The number of aromatic nitrogens is 2. The molecule has 32 heavy (non-hydrogen) atoms. The quantitative estimate of drug-likeness (QED) is 0.514. The van der Waals surface area contributed by atoms with Crippen molar-refractivity contribution in [1.29, 1.82) is 0 Å². The smallest absolute Gasteiger partial charge is 0.252 e. The van der Waals surface area contributed by atoms with Gasteiger partial charge in [0.1, 0.15) is 6.04 Å². The second-order valence-electron chi connectivity index (χ2n) is 7.52. The molecule has 2 amide bonds. The highest BCUT2D eigenvalue weighted by atomic mass is 16.5. The molecular formula is C25H28N4O3. The first-order valence-electron chi connectivity index (χ1n) is 10.6. The van der Waals surface area contributed by atoms with Crippen molar-refractivity contribution in [2.24, 2.45) is 0 Å². The summed E-state index contributed by atoms with van der Waals surface area (Å²) in [6, 6.07) is 15.8. The van der Waals surface area contributed by atoms with E-state index in [2.05, 4.69) is 20.6 Å². The Hall–Kier alpha value is -3.58. The summed E-state index contributed by atoms with van der Waals surface area (Å²) in [5.74, 6) is -0.626. The van der Waals surface area contributed by atoms with Crippen molar-refractivity contribution in [3.05, 3.63) is 95.1 Å². The van der Waals surface area contributed by atoms with Gasteiger partial charge >= 0.3 is 0 Å². The summed E-state index contributed by atoms with van der Waals surface area (Å²) in [5, 5.41) is 5.67. The number of amides is 2. The Balaban J connectivity index is 1.61. The molecule has 166 valence electrons. The molecule has 2 heterocycles. The Bertz CT molecular complexity index is 1030. The maximum absolute atomic E-state index is 12.8. The molecule has 3 aromatic rings. The summed E-state index contributed by atoms with van der Waals surface area (Å²) in [7, 11) is 0. The third kappa shape index (κ3) is 6.99. The summed E-state index contributed by atoms with van der Waals surface area (Å²) in [6.07, 6.45) is 4.00. The Labute approximate surface area is 188 Å². The van der Waals surface area contributed by atoms with Crippen LogP contribution in [-0.4, -0.2) is 41.0 Å². The standard InChI is InChI=1S/C25H28N4O3/c1-18-9-10-20(15-19(18)2)24(30)29-23(17-32-16-22-8-4-6-13-27-22)25(31)28-14-11-21-7-3-5-12-26-21/h3-10,12-13,15,23H,11,14,16-17H2,1-2H3,(H,28,31)(H,29,30)/t23-/m1/s1. The van der Waals surface area contributed by atoms with Gasteiger partial charge in [0, 0.05) is 36.6 Å². The van der Waals surface area contributed by atoms with Crippen LogP contribution in [0.25, 0.3) is 0 Å². The minimum atomic E-state index is -0.837. The maximum Gasteiger partial charge on any atom is 0.252 e. The van der Waals surface area contributed by atoms with Crippen molar-refractivity contribution in [2.75, 3.05) is 13.2 Å². The maximum atomic E-state index is 12.8. The second kappa shape index (κ2) is 11.7. The topological polar surface area (TPSA) is 93.2 Å². The van der Waals surface area contributed by atoms with Crippen LogP contribution in [0.4, 0.5) is 0 Å². The largest absolute Gasteiger partial charge is 0.372 e. The molecule has 1 atom stereocenters. The van der Waals surface area contributed by atoms with Gasteiger partial charge in [-0.15, -0.1) is 0 Å². The van der Waals surface area contributed by atoms with Gasteiger partial charge in [0.15, 0.2) is 0 Å². The van der Waals surface area contributed by atoms with Crippen LogP contribution in [0.5, 0.6) is 0 Å². The molecule has 0 fully saturated rings. The number of rotatable bonds is 10. The monoisotopic (exact) mass is 432 g/mol. The number of benzene rings is 1. The molecule has 0 spiro atoms. The highest BCUT2D eigenvalue weighted by Gasteiger charge is 2.22. The Kier molecular flexibility index (Phi) is 8.45. The van der Waals surface area contributed by atoms with Crippen LogP contribution in [0, 0.1) is 13.8 Å². The lowest BCUT2D eigenvalue weighted by Crippen LogP contribution is -2.49. The number of aryl methyl sites for hydroxylation is 2. The number of hydrogen-bond donors (Lipinski definition) is 2. The molecule has 0 unspecified atom stereocenters. The average molecular weight is 433 g/mol. The predicted molar refractivity (Wildman–Crippen MR) is 122 cm³/mol. The third-order valence-electron chi connectivity index (χ3n) is 5.06. The van der Waals surface area contributed by atoms with E-state index >= 15 is 0 Å². The Morgan fingerprint density at radius 1 is 0.938 bits per heavy atom. The van der Waals surface area contributed by atoms with Crippen molar-refractivity contribution in [2.45, 2.75) is 32.9 Å². The lowest BCUT2D eigenvalue weighted by Gasteiger charge is -2.19. The van der Waals surface area contributed by atoms with Crippen LogP contribution < -0.4 is 10.6 Å². The van der Waals surface area contributed by atoms with E-state index in [-0.39, 0.29) is 25.0 Å². The summed E-state index contributed by atoms with van der Waals surface area (Å²) in [5.41, 5.74) is 4.26. The second-order valence-corrected chi connectivity index (χ2v) is 7.52. The highest BCUT2D eigenvalue weighted by Crippen LogP contribution is 2.10. The van der Waals surface area contributed by atoms with Gasteiger partial charge in [-0.3, -0.25) is 19.6 Å². The van der Waals surface area contributed by atoms with Crippen molar-refractivity contribution >= 4 is 11.8 Å². The molecule has 2 aromatic heterocycles. The Morgan fingerprint density at radius 3 is 2.31 bits per heavy atom. The number of carbonyl (C=O) groups excluding carboxylic acids is 2. The minimum Gasteiger partial charge on any atom is -0.372 e. The number of carbonyl (C=O) groups is 2. The van der Waals surface area contributed by atoms with Crippen LogP contribution in [0.3, 0.4) is 0 Å². The summed E-state index contributed by atoms with van der Waals surface area (Å²) < 4.78 is 5.70. The Morgan fingerprint density at radius 2 is 1.66 bits per heavy atom. The predicted octanol–water partition coefficient (Wildman–Crippen LogP) is 2.77. The number of hydrogen-bond acceptors (Lipinski definition) is 5. The average Bonchev–Trinajstić information content (AvgIpc) is 2.81. The number of nitrogens with zero attached hydrogens (tertiary/aromatic N) is 2. The minimum absolute atomic E-state index is 0.0303. The fourth-order valence-electron chi connectivity index (χ4n) is 3.05. The van der Waals surface area contributed by atoms with E-state index < -0.39 is 6.04 Å². The molecular weight excluding hydrogens is 404 g/mol. The first kappa shape index (κ1) is 23.1. The molecule has 0 bridgehead atoms.